The zero-order valence-electron chi connectivity index (χ0n) is 14.7. The lowest BCUT2D eigenvalue weighted by Gasteiger charge is -2.32. The maximum Gasteiger partial charge on any atom is 0.410 e. The van der Waals surface area contributed by atoms with Gasteiger partial charge in [0.05, 0.1) is 0 Å². The van der Waals surface area contributed by atoms with Crippen LogP contribution in [0.2, 0.25) is 0 Å². The summed E-state index contributed by atoms with van der Waals surface area (Å²) in [6.07, 6.45) is 4.60. The molecule has 1 aliphatic rings. The van der Waals surface area contributed by atoms with Gasteiger partial charge in [-0.25, -0.2) is 9.78 Å². The van der Waals surface area contributed by atoms with Crippen LogP contribution in [0.5, 0.6) is 0 Å². The molecule has 1 fully saturated rings. The highest BCUT2D eigenvalue weighted by Gasteiger charge is 2.31. The maximum absolute atomic E-state index is 12.7. The highest BCUT2D eigenvalue weighted by atomic mass is 79.9. The summed E-state index contributed by atoms with van der Waals surface area (Å²) in [4.78, 5) is 31.0. The summed E-state index contributed by atoms with van der Waals surface area (Å²) in [5, 5.41) is 0. The van der Waals surface area contributed by atoms with E-state index in [1.807, 2.05) is 43.5 Å². The van der Waals surface area contributed by atoms with Gasteiger partial charge in [-0.05, 0) is 45.7 Å². The number of nitrogens with zero attached hydrogens (tertiary/aromatic N) is 3. The third kappa shape index (κ3) is 4.21. The number of piperidine rings is 1. The summed E-state index contributed by atoms with van der Waals surface area (Å²) in [5.74, 6) is -0.0595. The van der Waals surface area contributed by atoms with Gasteiger partial charge in [0.15, 0.2) is 5.78 Å². The van der Waals surface area contributed by atoms with E-state index in [0.717, 1.165) is 10.1 Å². The predicted molar refractivity (Wildman–Crippen MR) is 97.8 cm³/mol. The Bertz CT molecular complexity index is 801. The number of hydrogen-bond donors (Lipinski definition) is 0. The number of aromatic nitrogens is 2. The average Bonchev–Trinajstić information content (AvgIpc) is 2.95. The molecule has 0 radical (unpaired) electrons. The van der Waals surface area contributed by atoms with Gasteiger partial charge in [-0.2, -0.15) is 0 Å². The smallest absolute Gasteiger partial charge is 0.410 e. The Hall–Kier alpha value is -1.89. The van der Waals surface area contributed by atoms with Crippen molar-refractivity contribution in [2.75, 3.05) is 13.1 Å². The van der Waals surface area contributed by atoms with Gasteiger partial charge in [0.2, 0.25) is 0 Å². The summed E-state index contributed by atoms with van der Waals surface area (Å²) in [6.45, 7) is 6.61. The zero-order valence-corrected chi connectivity index (χ0v) is 16.2. The lowest BCUT2D eigenvalue weighted by Crippen LogP contribution is -2.43. The first-order valence-corrected chi connectivity index (χ1v) is 9.18. The molecule has 0 spiro atoms. The lowest BCUT2D eigenvalue weighted by molar-refractivity contribution is 0.0182. The van der Waals surface area contributed by atoms with Crippen LogP contribution >= 0.6 is 15.9 Å². The predicted octanol–water partition coefficient (Wildman–Crippen LogP) is 3.93. The van der Waals surface area contributed by atoms with Gasteiger partial charge in [-0.15, -0.1) is 0 Å². The quantitative estimate of drug-likeness (QED) is 0.707. The minimum atomic E-state index is -0.505. The number of carbonyl (C=O) groups is 2. The Morgan fingerprint density at radius 3 is 2.60 bits per heavy atom. The fourth-order valence-corrected chi connectivity index (χ4v) is 3.26. The number of ketones is 1. The molecule has 0 atom stereocenters. The largest absolute Gasteiger partial charge is 0.444 e. The van der Waals surface area contributed by atoms with Crippen molar-refractivity contribution >= 4 is 33.5 Å². The topological polar surface area (TPSA) is 63.9 Å². The van der Waals surface area contributed by atoms with Crippen molar-refractivity contribution < 1.29 is 14.3 Å². The molecule has 0 bridgehead atoms. The Kier molecular flexibility index (Phi) is 4.86. The molecule has 0 aliphatic carbocycles. The number of amides is 1. The van der Waals surface area contributed by atoms with Crippen molar-refractivity contribution in [2.45, 2.75) is 39.2 Å². The number of fused-ring (bicyclic) bond motifs is 1. The van der Waals surface area contributed by atoms with Gasteiger partial charge in [0, 0.05) is 35.9 Å². The lowest BCUT2D eigenvalue weighted by atomic mass is 9.91. The van der Waals surface area contributed by atoms with E-state index in [0.29, 0.717) is 31.6 Å². The molecular weight excluding hydrogens is 386 g/mol. The van der Waals surface area contributed by atoms with E-state index in [1.165, 1.54) is 0 Å². The van der Waals surface area contributed by atoms with E-state index in [4.69, 9.17) is 4.74 Å². The molecule has 0 saturated carbocycles. The number of carbonyl (C=O) groups excluding carboxylic acids is 2. The Labute approximate surface area is 155 Å². The molecule has 0 aromatic carbocycles. The van der Waals surface area contributed by atoms with Crippen LogP contribution in [0.25, 0.3) is 5.65 Å². The third-order valence-corrected chi connectivity index (χ3v) is 4.69. The van der Waals surface area contributed by atoms with Crippen molar-refractivity contribution in [1.29, 1.82) is 0 Å². The second kappa shape index (κ2) is 6.78. The summed E-state index contributed by atoms with van der Waals surface area (Å²) in [5.41, 5.74) is 0.715. The molecule has 134 valence electrons. The van der Waals surface area contributed by atoms with Gasteiger partial charge in [-0.3, -0.25) is 4.79 Å². The van der Waals surface area contributed by atoms with Gasteiger partial charge in [0.25, 0.3) is 0 Å². The molecule has 1 saturated heterocycles. The number of imidazole rings is 1. The third-order valence-electron chi connectivity index (χ3n) is 4.19. The van der Waals surface area contributed by atoms with E-state index in [9.17, 15) is 9.59 Å². The number of Topliss-reactive ketones (excluding diaryl/α,β-unsaturated/α-hetero) is 1. The molecule has 2 aromatic heterocycles. The van der Waals surface area contributed by atoms with Gasteiger partial charge in [0.1, 0.15) is 16.9 Å². The molecule has 3 heterocycles. The summed E-state index contributed by atoms with van der Waals surface area (Å²) < 4.78 is 8.16. The molecule has 25 heavy (non-hydrogen) atoms. The monoisotopic (exact) mass is 407 g/mol. The zero-order chi connectivity index (χ0) is 18.2. The molecule has 6 nitrogen and oxygen atoms in total. The Morgan fingerprint density at radius 2 is 1.96 bits per heavy atom. The second-order valence-corrected chi connectivity index (χ2v) is 8.26. The minimum absolute atomic E-state index is 0.0451. The normalized spacial score (nSPS) is 16.2. The van der Waals surface area contributed by atoms with Crippen LogP contribution in [-0.2, 0) is 4.74 Å². The summed E-state index contributed by atoms with van der Waals surface area (Å²) in [7, 11) is 0. The van der Waals surface area contributed by atoms with Crippen LogP contribution in [-0.4, -0.2) is 44.9 Å². The number of pyridine rings is 1. The van der Waals surface area contributed by atoms with Crippen LogP contribution in [0.15, 0.2) is 29.0 Å². The van der Waals surface area contributed by atoms with Crippen LogP contribution in [0.3, 0.4) is 0 Å². The molecule has 7 heteroatoms. The first-order chi connectivity index (χ1) is 11.7. The first kappa shape index (κ1) is 17.9. The highest BCUT2D eigenvalue weighted by molar-refractivity contribution is 9.10. The Morgan fingerprint density at radius 1 is 1.28 bits per heavy atom. The van der Waals surface area contributed by atoms with Crippen molar-refractivity contribution in [1.82, 2.24) is 14.3 Å². The molecule has 3 rings (SSSR count). The number of ether oxygens (including phenoxy) is 1. The second-order valence-electron chi connectivity index (χ2n) is 7.34. The average molecular weight is 408 g/mol. The van der Waals surface area contributed by atoms with E-state index in [2.05, 4.69) is 20.9 Å². The molecule has 0 N–H and O–H groups in total. The minimum Gasteiger partial charge on any atom is -0.444 e. The number of likely N-dealkylation sites (tertiary alicyclic amines) is 1. The van der Waals surface area contributed by atoms with Crippen molar-refractivity contribution in [2.24, 2.45) is 5.92 Å². The first-order valence-electron chi connectivity index (χ1n) is 8.39. The SMILES string of the molecule is CC(C)(C)OC(=O)N1CCC(C(=O)c2cn3ccc(Br)cc3n2)CC1. The van der Waals surface area contributed by atoms with Crippen LogP contribution in [0, 0.1) is 5.92 Å². The fraction of sp³-hybridized carbons (Fsp3) is 0.500. The van der Waals surface area contributed by atoms with E-state index in [-0.39, 0.29) is 17.8 Å². The number of hydrogen-bond acceptors (Lipinski definition) is 4. The van der Waals surface area contributed by atoms with E-state index in [1.54, 1.807) is 11.1 Å². The highest BCUT2D eigenvalue weighted by Crippen LogP contribution is 2.23. The summed E-state index contributed by atoms with van der Waals surface area (Å²) in [6, 6.07) is 3.78. The fourth-order valence-electron chi connectivity index (χ4n) is 2.94. The summed E-state index contributed by atoms with van der Waals surface area (Å²) >= 11 is 3.41. The van der Waals surface area contributed by atoms with Crippen LogP contribution in [0.4, 0.5) is 4.79 Å². The van der Waals surface area contributed by atoms with Gasteiger partial charge in [-0.1, -0.05) is 15.9 Å². The van der Waals surface area contributed by atoms with Crippen molar-refractivity contribution in [3.63, 3.8) is 0 Å². The molecular formula is C18H22BrN3O3. The number of rotatable bonds is 2. The standard InChI is InChI=1S/C18H22BrN3O3/c1-18(2,3)25-17(24)21-7-4-12(5-8-21)16(23)14-11-22-9-6-13(19)10-15(22)20-14/h6,9-12H,4-5,7-8H2,1-3H3. The molecule has 1 amide bonds. The van der Waals surface area contributed by atoms with Crippen molar-refractivity contribution in [3.05, 3.63) is 34.7 Å². The maximum atomic E-state index is 12.7. The molecule has 2 aromatic rings. The van der Waals surface area contributed by atoms with E-state index >= 15 is 0 Å². The van der Waals surface area contributed by atoms with E-state index < -0.39 is 5.60 Å². The number of halogens is 1. The van der Waals surface area contributed by atoms with Crippen molar-refractivity contribution in [3.8, 4) is 0 Å². The van der Waals surface area contributed by atoms with Gasteiger partial charge < -0.3 is 14.0 Å². The molecule has 1 aliphatic heterocycles. The van der Waals surface area contributed by atoms with Crippen LogP contribution in [0.1, 0.15) is 44.1 Å². The van der Waals surface area contributed by atoms with Gasteiger partial charge >= 0.3 is 6.09 Å². The molecule has 0 unspecified atom stereocenters. The Balaban J connectivity index is 1.63. The van der Waals surface area contributed by atoms with Crippen LogP contribution < -0.4 is 0 Å².